The van der Waals surface area contributed by atoms with Crippen LogP contribution in [0.15, 0.2) is 114 Å². The zero-order chi connectivity index (χ0) is 63.9. The number of carbonyl (C=O) groups excluding carboxylic acids is 2. The first kappa shape index (κ1) is 68.3. The summed E-state index contributed by atoms with van der Waals surface area (Å²) in [7, 11) is 0.831. The average molecular weight is 1280 g/mol. The van der Waals surface area contributed by atoms with Crippen molar-refractivity contribution < 1.29 is 37.4 Å². The largest absolute Gasteiger partial charge is 0.491 e. The fourth-order valence-corrected chi connectivity index (χ4v) is 18.4. The van der Waals surface area contributed by atoms with Gasteiger partial charge in [0, 0.05) is 57.3 Å². The second kappa shape index (κ2) is 30.9. The van der Waals surface area contributed by atoms with Gasteiger partial charge in [-0.15, -0.1) is 21.5 Å². The van der Waals surface area contributed by atoms with Gasteiger partial charge >= 0.3 is 12.1 Å². The number of aryl methyl sites for hydroxylation is 2. The first-order valence-electron chi connectivity index (χ1n) is 30.9. The molecule has 0 saturated carbocycles. The van der Waals surface area contributed by atoms with Crippen molar-refractivity contribution in [3.05, 3.63) is 142 Å². The molecule has 1 atom stereocenters. The maximum Gasteiger partial charge on any atom is 0.407 e. The molecule has 89 heavy (non-hydrogen) atoms. The van der Waals surface area contributed by atoms with E-state index in [2.05, 4.69) is 140 Å². The van der Waals surface area contributed by atoms with Gasteiger partial charge in [0.15, 0.2) is 38.8 Å². The molecule has 1 aliphatic rings. The molecule has 4 aromatic carbocycles. The van der Waals surface area contributed by atoms with E-state index in [0.29, 0.717) is 85.9 Å². The van der Waals surface area contributed by atoms with Gasteiger partial charge in [0.05, 0.1) is 36.6 Å². The summed E-state index contributed by atoms with van der Waals surface area (Å²) in [6, 6.07) is 37.5. The first-order chi connectivity index (χ1) is 42.4. The van der Waals surface area contributed by atoms with Gasteiger partial charge in [0.25, 0.3) is 8.32 Å². The Morgan fingerprint density at radius 2 is 1.56 bits per heavy atom. The normalized spacial score (nSPS) is 14.2. The number of piperidine rings is 1. The second-order valence-electron chi connectivity index (χ2n) is 26.3. The van der Waals surface area contributed by atoms with Gasteiger partial charge in [-0.25, -0.2) is 19.0 Å². The molecule has 1 saturated heterocycles. The Labute approximate surface area is 536 Å². The summed E-state index contributed by atoms with van der Waals surface area (Å²) in [5.74, 6) is 6.12. The molecule has 0 aliphatic carbocycles. The molecule has 476 valence electrons. The maximum atomic E-state index is 15.3. The Morgan fingerprint density at radius 3 is 2.19 bits per heavy atom. The van der Waals surface area contributed by atoms with E-state index in [-0.39, 0.29) is 35.2 Å². The third kappa shape index (κ3) is 19.0. The minimum atomic E-state index is -3.07. The summed E-state index contributed by atoms with van der Waals surface area (Å²) in [4.78, 5) is 44.7. The number of nitrogens with one attached hydrogen (secondary N) is 1. The quantitative estimate of drug-likeness (QED) is 0.0237. The Balaban J connectivity index is 1.13. The summed E-state index contributed by atoms with van der Waals surface area (Å²) < 4.78 is 49.8. The number of thiazole rings is 2. The van der Waals surface area contributed by atoms with Gasteiger partial charge in [0.1, 0.15) is 12.3 Å². The summed E-state index contributed by atoms with van der Waals surface area (Å²) >= 11 is 2.96. The van der Waals surface area contributed by atoms with Crippen molar-refractivity contribution in [3.63, 3.8) is 0 Å². The minimum Gasteiger partial charge on any atom is -0.491 e. The maximum absolute atomic E-state index is 15.3. The fraction of sp³-hybridized carbons (Fsp3) is 0.471. The number of amides is 1. The van der Waals surface area contributed by atoms with Crippen molar-refractivity contribution in [1.82, 2.24) is 34.9 Å². The predicted molar refractivity (Wildman–Crippen MR) is 363 cm³/mol. The van der Waals surface area contributed by atoms with E-state index in [4.69, 9.17) is 43.5 Å². The van der Waals surface area contributed by atoms with Crippen LogP contribution in [0.5, 0.6) is 5.75 Å². The lowest BCUT2D eigenvalue weighted by Crippen LogP contribution is -2.68. The number of alkyl carbamates (subject to hydrolysis) is 1. The number of nitrogens with zero attached hydrogens (tertiary/aromatic N) is 8. The lowest BCUT2D eigenvalue weighted by Gasteiger charge is -2.46. The van der Waals surface area contributed by atoms with Crippen LogP contribution in [0.4, 0.5) is 26.0 Å². The van der Waals surface area contributed by atoms with Crippen LogP contribution in [-0.2, 0) is 31.8 Å². The van der Waals surface area contributed by atoms with Crippen molar-refractivity contribution in [2.75, 3.05) is 72.0 Å². The van der Waals surface area contributed by atoms with E-state index in [9.17, 15) is 9.59 Å². The number of hydrogen-bond acceptors (Lipinski definition) is 16. The standard InChI is InChI=1S/C68H90FN9O7S2Si2/c1-49-45-60(73-74-62(49)72-65-78(48-82-43-44-88(11,12)13)56-31-20-21-32-58(56)86-65)77(64-71-61(63(79)81-10)59(87-64)33-24-42-83-57-35-34-50(46-55(57)69)25-22-38-75(8)9)39-23-26-52(47-76-40-36-51(37-41-76)70-66(80)84-67(2,3)4)85-89(68(5,6)7,53-27-16-14-17-28-53)54-29-18-15-19-30-54/h14-21,27-32,34-35,45-46,51-52H,23-24,26,33,36-44,47-48H2,1-13H3,(H,70,80)/b72-65-. The minimum absolute atomic E-state index is 0.0106. The molecule has 16 nitrogen and oxygen atoms in total. The number of para-hydroxylation sites is 1. The molecular weight excluding hydrogens is 1190 g/mol. The third-order valence-corrected chi connectivity index (χ3v) is 24.3. The van der Waals surface area contributed by atoms with Crippen LogP contribution in [0.1, 0.15) is 100 Å². The monoisotopic (exact) mass is 1280 g/mol. The predicted octanol–water partition coefficient (Wildman–Crippen LogP) is 12.5. The molecule has 1 aliphatic heterocycles. The van der Waals surface area contributed by atoms with Crippen LogP contribution in [0.25, 0.3) is 10.2 Å². The van der Waals surface area contributed by atoms with Crippen molar-refractivity contribution in [1.29, 1.82) is 0 Å². The molecule has 4 heterocycles. The molecule has 1 unspecified atom stereocenters. The van der Waals surface area contributed by atoms with Crippen LogP contribution in [0, 0.1) is 24.6 Å². The van der Waals surface area contributed by atoms with Gasteiger partial charge < -0.3 is 38.5 Å². The van der Waals surface area contributed by atoms with E-state index >= 15 is 4.39 Å². The van der Waals surface area contributed by atoms with Crippen molar-refractivity contribution in [3.8, 4) is 17.6 Å². The zero-order valence-corrected chi connectivity index (χ0v) is 57.9. The number of rotatable bonds is 26. The van der Waals surface area contributed by atoms with E-state index in [1.807, 2.05) is 69.8 Å². The number of methoxy groups -OCH3 is 1. The molecular formula is C68H90FN9O7S2Si2. The Kier molecular flexibility index (Phi) is 23.7. The van der Waals surface area contributed by atoms with E-state index in [1.165, 1.54) is 34.9 Å². The highest BCUT2D eigenvalue weighted by atomic mass is 32.1. The molecule has 0 spiro atoms. The number of aromatic nitrogens is 4. The van der Waals surface area contributed by atoms with Crippen LogP contribution in [0.2, 0.25) is 30.7 Å². The molecule has 1 N–H and O–H groups in total. The SMILES string of the molecule is COC(=O)c1nc(N(CCCC(CN2CCC(NC(=O)OC(C)(C)C)CC2)O[Si](c2ccccc2)(c2ccccc2)C(C)(C)C)c2cc(C)c(/N=c3\sc4ccccc4n3COCC[Si](C)(C)C)nn2)sc1CCCOc1ccc(C#CCN(C)C)cc1F. The summed E-state index contributed by atoms with van der Waals surface area (Å²) in [6.07, 6.45) is 3.06. The fourth-order valence-electron chi connectivity index (χ4n) is 10.8. The number of anilines is 2. The number of likely N-dealkylation sites (tertiary alicyclic amines) is 1. The number of hydrogen-bond donors (Lipinski definition) is 1. The van der Waals surface area contributed by atoms with Gasteiger partial charge in [-0.3, -0.25) is 9.47 Å². The molecule has 21 heteroatoms. The lowest BCUT2D eigenvalue weighted by atomic mass is 10.0. The lowest BCUT2D eigenvalue weighted by molar-refractivity contribution is 0.0460. The molecule has 1 amide bonds. The summed E-state index contributed by atoms with van der Waals surface area (Å²) in [5, 5.41) is 15.5. The smallest absolute Gasteiger partial charge is 0.407 e. The van der Waals surface area contributed by atoms with Gasteiger partial charge in [-0.05, 0) is 144 Å². The number of fused-ring (bicyclic) bond motifs is 1. The molecule has 8 rings (SSSR count). The molecule has 7 aromatic rings. The van der Waals surface area contributed by atoms with Crippen molar-refractivity contribution in [2.45, 2.75) is 142 Å². The van der Waals surface area contributed by atoms with E-state index in [1.54, 1.807) is 23.5 Å². The van der Waals surface area contributed by atoms with Crippen LogP contribution < -0.4 is 30.1 Å². The average Bonchev–Trinajstić information content (AvgIpc) is 1.15. The molecule has 0 radical (unpaired) electrons. The number of carbonyl (C=O) groups is 2. The van der Waals surface area contributed by atoms with E-state index in [0.717, 1.165) is 52.6 Å². The number of halogens is 1. The molecule has 1 fully saturated rings. The van der Waals surface area contributed by atoms with Crippen molar-refractivity contribution in [2.24, 2.45) is 4.99 Å². The Hall–Kier alpha value is -6.62. The highest BCUT2D eigenvalue weighted by Gasteiger charge is 2.51. The highest BCUT2D eigenvalue weighted by Crippen LogP contribution is 2.39. The number of esters is 1. The molecule has 0 bridgehead atoms. The van der Waals surface area contributed by atoms with Gasteiger partial charge in [-0.2, -0.15) is 4.99 Å². The third-order valence-electron chi connectivity index (χ3n) is 15.3. The Bertz CT molecular complexity index is 3560. The zero-order valence-electron chi connectivity index (χ0n) is 54.3. The first-order valence-corrected chi connectivity index (χ1v) is 38.1. The second-order valence-corrected chi connectivity index (χ2v) is 38.2. The molecule has 3 aromatic heterocycles. The van der Waals surface area contributed by atoms with Crippen LogP contribution in [0.3, 0.4) is 0 Å². The van der Waals surface area contributed by atoms with Crippen LogP contribution >= 0.6 is 22.7 Å². The van der Waals surface area contributed by atoms with Crippen molar-refractivity contribution >= 4 is 88.5 Å². The topological polar surface area (TPSA) is 158 Å². The van der Waals surface area contributed by atoms with E-state index < -0.39 is 39.9 Å². The van der Waals surface area contributed by atoms with Crippen LogP contribution in [-0.4, -0.2) is 143 Å². The van der Waals surface area contributed by atoms with Gasteiger partial charge in [0.2, 0.25) is 0 Å². The number of benzene rings is 4. The highest BCUT2D eigenvalue weighted by molar-refractivity contribution is 7.16. The van der Waals surface area contributed by atoms with Gasteiger partial charge in [-0.1, -0.05) is 136 Å². The summed E-state index contributed by atoms with van der Waals surface area (Å²) in [6.45, 7) is 26.0. The summed E-state index contributed by atoms with van der Waals surface area (Å²) in [5.41, 5.74) is 1.99. The Morgan fingerprint density at radius 1 is 0.876 bits per heavy atom. The number of ether oxygens (including phenoxy) is 4.